The van der Waals surface area contributed by atoms with E-state index < -0.39 is 10.8 Å². The van der Waals surface area contributed by atoms with Crippen LogP contribution in [-0.4, -0.2) is 16.0 Å². The number of rotatable bonds is 5. The summed E-state index contributed by atoms with van der Waals surface area (Å²) in [4.78, 5) is 21.9. The third-order valence-electron chi connectivity index (χ3n) is 2.88. The largest absolute Gasteiger partial charge is 0.377 e. The van der Waals surface area contributed by atoms with Gasteiger partial charge in [-0.3, -0.25) is 14.9 Å². The molecule has 0 aromatic heterocycles. The molecule has 0 radical (unpaired) electrons. The van der Waals surface area contributed by atoms with E-state index >= 15 is 0 Å². The van der Waals surface area contributed by atoms with Gasteiger partial charge in [0.15, 0.2) is 5.17 Å². The number of non-ortho nitro benzene ring substituents is 1. The molecule has 0 aliphatic rings. The maximum absolute atomic E-state index is 11.9. The van der Waals surface area contributed by atoms with E-state index in [2.05, 4.69) is 10.5 Å². The highest BCUT2D eigenvalue weighted by Gasteiger charge is 2.09. The fourth-order valence-electron chi connectivity index (χ4n) is 1.72. The summed E-state index contributed by atoms with van der Waals surface area (Å²) in [7, 11) is 0. The van der Waals surface area contributed by atoms with Gasteiger partial charge in [-0.05, 0) is 29.8 Å². The minimum atomic E-state index is -0.537. The van der Waals surface area contributed by atoms with Crippen molar-refractivity contribution in [1.82, 2.24) is 5.43 Å². The van der Waals surface area contributed by atoms with Crippen LogP contribution in [0.5, 0.6) is 0 Å². The highest BCUT2D eigenvalue weighted by Crippen LogP contribution is 2.16. The number of amides is 1. The van der Waals surface area contributed by atoms with E-state index in [9.17, 15) is 14.9 Å². The number of nitrogens with one attached hydrogen (secondary N) is 1. The Kier molecular flexibility index (Phi) is 6.16. The third kappa shape index (κ3) is 5.25. The average Bonchev–Trinajstić information content (AvgIpc) is 2.58. The highest BCUT2D eigenvalue weighted by molar-refractivity contribution is 8.13. The van der Waals surface area contributed by atoms with Crippen LogP contribution in [0.2, 0.25) is 5.02 Å². The molecule has 0 aliphatic carbocycles. The number of nitrogens with two attached hydrogens (primary N) is 1. The number of hydrogen-bond donors (Lipinski definition) is 2. The molecule has 2 rings (SSSR count). The number of nitrogens with zero attached hydrogens (tertiary/aromatic N) is 2. The number of halogens is 1. The Bertz CT molecular complexity index is 781. The van der Waals surface area contributed by atoms with Gasteiger partial charge in [0.05, 0.1) is 4.92 Å². The summed E-state index contributed by atoms with van der Waals surface area (Å²) >= 11 is 7.14. The molecule has 0 saturated heterocycles. The Morgan fingerprint density at radius 2 is 2.00 bits per heavy atom. The summed E-state index contributed by atoms with van der Waals surface area (Å²) in [5, 5.41) is 15.2. The van der Waals surface area contributed by atoms with Crippen molar-refractivity contribution in [2.24, 2.45) is 10.8 Å². The van der Waals surface area contributed by atoms with Crippen LogP contribution in [0.3, 0.4) is 0 Å². The smallest absolute Gasteiger partial charge is 0.271 e. The molecule has 3 N–H and O–H groups in total. The van der Waals surface area contributed by atoms with Crippen molar-refractivity contribution >= 4 is 40.1 Å². The summed E-state index contributed by atoms with van der Waals surface area (Å²) in [5.74, 6) is 0.0553. The molecule has 1 amide bonds. The van der Waals surface area contributed by atoms with E-state index in [1.54, 1.807) is 6.07 Å². The maximum atomic E-state index is 11.9. The lowest BCUT2D eigenvalue weighted by Crippen LogP contribution is -2.21. The number of amidine groups is 1. The molecule has 124 valence electrons. The summed E-state index contributed by atoms with van der Waals surface area (Å²) < 4.78 is 0. The van der Waals surface area contributed by atoms with Crippen LogP contribution >= 0.6 is 23.4 Å². The molecule has 0 spiro atoms. The molecule has 0 aliphatic heterocycles. The van der Waals surface area contributed by atoms with Crippen molar-refractivity contribution in [3.8, 4) is 0 Å². The van der Waals surface area contributed by atoms with Crippen molar-refractivity contribution < 1.29 is 9.72 Å². The number of carbonyl (C=O) groups excluding carboxylic acids is 1. The summed E-state index contributed by atoms with van der Waals surface area (Å²) in [6, 6.07) is 12.5. The SMILES string of the molecule is N/C(=N\NC(=O)c1ccc([N+](=O)[O-])cc1)SCc1cccc(Cl)c1. The molecule has 0 saturated carbocycles. The molecule has 0 unspecified atom stereocenters. The molecule has 0 fully saturated rings. The topological polar surface area (TPSA) is 111 Å². The quantitative estimate of drug-likeness (QED) is 0.366. The van der Waals surface area contributed by atoms with Crippen molar-refractivity contribution in [2.45, 2.75) is 5.75 Å². The van der Waals surface area contributed by atoms with E-state index in [4.69, 9.17) is 17.3 Å². The van der Waals surface area contributed by atoms with E-state index in [1.165, 1.54) is 36.0 Å². The molecule has 0 atom stereocenters. The number of nitro groups is 1. The molecule has 2 aromatic carbocycles. The lowest BCUT2D eigenvalue weighted by molar-refractivity contribution is -0.384. The summed E-state index contributed by atoms with van der Waals surface area (Å²) in [6.07, 6.45) is 0. The molecule has 0 heterocycles. The highest BCUT2D eigenvalue weighted by atomic mass is 35.5. The van der Waals surface area contributed by atoms with Gasteiger partial charge in [0.25, 0.3) is 11.6 Å². The Morgan fingerprint density at radius 1 is 1.29 bits per heavy atom. The van der Waals surface area contributed by atoms with Gasteiger partial charge in [0.1, 0.15) is 0 Å². The van der Waals surface area contributed by atoms with Gasteiger partial charge in [0.2, 0.25) is 0 Å². The van der Waals surface area contributed by atoms with Gasteiger partial charge >= 0.3 is 0 Å². The van der Waals surface area contributed by atoms with E-state index in [1.807, 2.05) is 18.2 Å². The van der Waals surface area contributed by atoms with Gasteiger partial charge in [-0.2, -0.15) is 0 Å². The number of benzene rings is 2. The summed E-state index contributed by atoms with van der Waals surface area (Å²) in [6.45, 7) is 0. The van der Waals surface area contributed by atoms with Gasteiger partial charge in [-0.1, -0.05) is 35.5 Å². The Morgan fingerprint density at radius 3 is 2.62 bits per heavy atom. The third-order valence-corrected chi connectivity index (χ3v) is 3.98. The minimum Gasteiger partial charge on any atom is -0.377 e. The van der Waals surface area contributed by atoms with Crippen LogP contribution in [0, 0.1) is 10.1 Å². The van der Waals surface area contributed by atoms with Gasteiger partial charge in [-0.15, -0.1) is 5.10 Å². The van der Waals surface area contributed by atoms with Crippen molar-refractivity contribution in [1.29, 1.82) is 0 Å². The molecule has 9 heteroatoms. The van der Waals surface area contributed by atoms with E-state index in [-0.39, 0.29) is 16.4 Å². The van der Waals surface area contributed by atoms with Gasteiger partial charge in [0, 0.05) is 28.5 Å². The first-order chi connectivity index (χ1) is 11.5. The number of carbonyl (C=O) groups is 1. The zero-order valence-corrected chi connectivity index (χ0v) is 13.9. The monoisotopic (exact) mass is 364 g/mol. The van der Waals surface area contributed by atoms with Crippen LogP contribution in [0.15, 0.2) is 53.6 Å². The van der Waals surface area contributed by atoms with Crippen LogP contribution in [0.4, 0.5) is 5.69 Å². The molecule has 7 nitrogen and oxygen atoms in total. The van der Waals surface area contributed by atoms with Crippen LogP contribution in [-0.2, 0) is 5.75 Å². The second-order valence-electron chi connectivity index (χ2n) is 4.61. The fraction of sp³-hybridized carbons (Fsp3) is 0.0667. The van der Waals surface area contributed by atoms with E-state index in [0.29, 0.717) is 10.8 Å². The Balaban J connectivity index is 1.89. The zero-order chi connectivity index (χ0) is 17.5. The first kappa shape index (κ1) is 17.8. The van der Waals surface area contributed by atoms with E-state index in [0.717, 1.165) is 5.56 Å². The first-order valence-electron chi connectivity index (χ1n) is 6.71. The first-order valence-corrected chi connectivity index (χ1v) is 8.07. The second-order valence-corrected chi connectivity index (χ2v) is 6.05. The average molecular weight is 365 g/mol. The Hall–Kier alpha value is -2.58. The molecular weight excluding hydrogens is 352 g/mol. The minimum absolute atomic E-state index is 0.0911. The molecule has 0 bridgehead atoms. The molecule has 24 heavy (non-hydrogen) atoms. The number of thioether (sulfide) groups is 1. The van der Waals surface area contributed by atoms with Crippen LogP contribution in [0.1, 0.15) is 15.9 Å². The number of nitro benzene ring substituents is 1. The summed E-state index contributed by atoms with van der Waals surface area (Å²) in [5.41, 5.74) is 9.16. The lowest BCUT2D eigenvalue weighted by Gasteiger charge is -2.03. The fourth-order valence-corrected chi connectivity index (χ4v) is 2.54. The Labute approximate surface area is 147 Å². The van der Waals surface area contributed by atoms with Crippen molar-refractivity contribution in [2.75, 3.05) is 0 Å². The second kappa shape index (κ2) is 8.32. The van der Waals surface area contributed by atoms with Crippen molar-refractivity contribution in [3.05, 3.63) is 74.8 Å². The number of hydrazone groups is 1. The normalized spacial score (nSPS) is 11.1. The molecular formula is C15H13ClN4O3S. The van der Waals surface area contributed by atoms with Gasteiger partial charge in [-0.25, -0.2) is 5.43 Å². The van der Waals surface area contributed by atoms with Gasteiger partial charge < -0.3 is 5.73 Å². The number of hydrogen-bond acceptors (Lipinski definition) is 5. The van der Waals surface area contributed by atoms with Crippen molar-refractivity contribution in [3.63, 3.8) is 0 Å². The standard InChI is InChI=1S/C15H13ClN4O3S/c16-12-3-1-2-10(8-12)9-24-15(17)19-18-14(21)11-4-6-13(7-5-11)20(22)23/h1-8H,9H2,(H2,17,19)(H,18,21). The predicted octanol–water partition coefficient (Wildman–Crippen LogP) is 3.14. The maximum Gasteiger partial charge on any atom is 0.271 e. The molecule has 2 aromatic rings. The van der Waals surface area contributed by atoms with Crippen LogP contribution < -0.4 is 11.2 Å². The van der Waals surface area contributed by atoms with Crippen LogP contribution in [0.25, 0.3) is 0 Å². The zero-order valence-electron chi connectivity index (χ0n) is 12.3. The predicted molar refractivity (Wildman–Crippen MR) is 94.9 cm³/mol. The lowest BCUT2D eigenvalue weighted by atomic mass is 10.2.